The Hall–Kier alpha value is -3.13. The van der Waals surface area contributed by atoms with Gasteiger partial charge in [-0.15, -0.1) is 5.10 Å². The summed E-state index contributed by atoms with van der Waals surface area (Å²) in [5, 5.41) is 10.9. The molecule has 0 saturated carbocycles. The predicted molar refractivity (Wildman–Crippen MR) is 105 cm³/mol. The topological polar surface area (TPSA) is 72.3 Å². The number of rotatable bonds is 5. The summed E-state index contributed by atoms with van der Waals surface area (Å²) in [7, 11) is 3.11. The van der Waals surface area contributed by atoms with E-state index in [2.05, 4.69) is 15.5 Å². The average molecular weight is 385 g/mol. The van der Waals surface area contributed by atoms with Gasteiger partial charge in [0.2, 0.25) is 0 Å². The van der Waals surface area contributed by atoms with Gasteiger partial charge >= 0.3 is 0 Å². The Labute approximate surface area is 159 Å². The Morgan fingerprint density at radius 1 is 1.11 bits per heavy atom. The lowest BCUT2D eigenvalue weighted by molar-refractivity contribution is -0.115. The highest BCUT2D eigenvalue weighted by molar-refractivity contribution is 8.18. The van der Waals surface area contributed by atoms with Gasteiger partial charge in [-0.2, -0.15) is 5.10 Å². The van der Waals surface area contributed by atoms with Crippen LogP contribution in [0.15, 0.2) is 57.6 Å². The molecule has 0 unspecified atom stereocenters. The molecule has 1 aliphatic rings. The van der Waals surface area contributed by atoms with Gasteiger partial charge < -0.3 is 9.47 Å². The van der Waals surface area contributed by atoms with Crippen LogP contribution in [0.5, 0.6) is 11.5 Å². The Morgan fingerprint density at radius 3 is 2.63 bits per heavy atom. The Morgan fingerprint density at radius 2 is 1.89 bits per heavy atom. The fourth-order valence-corrected chi connectivity index (χ4v) is 3.06. The molecule has 0 radical (unpaired) electrons. The number of carbonyl (C=O) groups excluding carboxylic acids is 1. The first-order valence-corrected chi connectivity index (χ1v) is 8.71. The zero-order chi connectivity index (χ0) is 19.2. The lowest BCUT2D eigenvalue weighted by Crippen LogP contribution is -2.19. The van der Waals surface area contributed by atoms with Gasteiger partial charge in [-0.1, -0.05) is 18.2 Å². The van der Waals surface area contributed by atoms with Crippen LogP contribution in [-0.4, -0.2) is 31.5 Å². The summed E-state index contributed by atoms with van der Waals surface area (Å²) in [5.41, 5.74) is 1.10. The summed E-state index contributed by atoms with van der Waals surface area (Å²) in [4.78, 5) is 12.3. The SMILES string of the molecule is COc1ccc(/C=N/N=C2\NC(=O)/C(=C\c3ccccc3F)S2)cc1OC. The number of halogens is 1. The first-order chi connectivity index (χ1) is 13.1. The Kier molecular flexibility index (Phi) is 5.87. The number of amides is 1. The molecular formula is C19H16FN3O3S. The molecule has 1 amide bonds. The fraction of sp³-hybridized carbons (Fsp3) is 0.105. The number of ether oxygens (including phenoxy) is 2. The van der Waals surface area contributed by atoms with Gasteiger partial charge in [0.1, 0.15) is 5.82 Å². The van der Waals surface area contributed by atoms with Crippen LogP contribution in [0.2, 0.25) is 0 Å². The van der Waals surface area contributed by atoms with Crippen molar-refractivity contribution in [1.29, 1.82) is 0 Å². The van der Waals surface area contributed by atoms with Gasteiger partial charge in [-0.05, 0) is 47.7 Å². The van der Waals surface area contributed by atoms with Crippen molar-refractivity contribution in [3.63, 3.8) is 0 Å². The van der Waals surface area contributed by atoms with Crippen LogP contribution in [0, 0.1) is 5.82 Å². The van der Waals surface area contributed by atoms with Crippen molar-refractivity contribution in [2.75, 3.05) is 14.2 Å². The quantitative estimate of drug-likeness (QED) is 0.486. The van der Waals surface area contributed by atoms with E-state index in [-0.39, 0.29) is 5.91 Å². The molecule has 8 heteroatoms. The van der Waals surface area contributed by atoms with E-state index in [0.717, 1.165) is 17.3 Å². The van der Waals surface area contributed by atoms with Crippen molar-refractivity contribution in [3.8, 4) is 11.5 Å². The number of methoxy groups -OCH3 is 2. The van der Waals surface area contributed by atoms with Crippen molar-refractivity contribution in [1.82, 2.24) is 5.32 Å². The maximum atomic E-state index is 13.7. The van der Waals surface area contributed by atoms with Crippen molar-refractivity contribution in [2.24, 2.45) is 10.2 Å². The number of nitrogens with one attached hydrogen (secondary N) is 1. The van der Waals surface area contributed by atoms with Gasteiger partial charge in [0.25, 0.3) is 5.91 Å². The molecule has 138 valence electrons. The summed E-state index contributed by atoms with van der Waals surface area (Å²) in [6.45, 7) is 0. The molecule has 1 N–H and O–H groups in total. The molecule has 2 aromatic rings. The van der Waals surface area contributed by atoms with E-state index in [9.17, 15) is 9.18 Å². The number of hydrogen-bond donors (Lipinski definition) is 1. The molecule has 0 spiro atoms. The van der Waals surface area contributed by atoms with Crippen LogP contribution in [0.25, 0.3) is 6.08 Å². The smallest absolute Gasteiger partial charge is 0.264 e. The molecule has 0 bridgehead atoms. The highest BCUT2D eigenvalue weighted by atomic mass is 32.2. The zero-order valence-electron chi connectivity index (χ0n) is 14.6. The minimum atomic E-state index is -0.393. The monoisotopic (exact) mass is 385 g/mol. The minimum Gasteiger partial charge on any atom is -0.493 e. The lowest BCUT2D eigenvalue weighted by Gasteiger charge is -2.07. The molecule has 0 aromatic heterocycles. The van der Waals surface area contributed by atoms with E-state index in [1.54, 1.807) is 50.6 Å². The van der Waals surface area contributed by atoms with Crippen LogP contribution in [-0.2, 0) is 4.79 Å². The Bertz CT molecular complexity index is 957. The fourth-order valence-electron chi connectivity index (χ4n) is 2.29. The number of nitrogens with zero attached hydrogens (tertiary/aromatic N) is 2. The molecule has 1 aliphatic heterocycles. The number of benzene rings is 2. The number of hydrogen-bond acceptors (Lipinski definition) is 6. The summed E-state index contributed by atoms with van der Waals surface area (Å²) in [6, 6.07) is 11.5. The van der Waals surface area contributed by atoms with E-state index in [4.69, 9.17) is 9.47 Å². The van der Waals surface area contributed by atoms with Crippen LogP contribution in [0.1, 0.15) is 11.1 Å². The lowest BCUT2D eigenvalue weighted by atomic mass is 10.2. The second kappa shape index (κ2) is 8.50. The minimum absolute atomic E-state index is 0.319. The van der Waals surface area contributed by atoms with Crippen LogP contribution in [0.3, 0.4) is 0 Å². The van der Waals surface area contributed by atoms with E-state index < -0.39 is 5.82 Å². The largest absolute Gasteiger partial charge is 0.493 e. The first kappa shape index (κ1) is 18.7. The third-order valence-corrected chi connectivity index (χ3v) is 4.51. The van der Waals surface area contributed by atoms with Gasteiger partial charge in [0, 0.05) is 5.56 Å². The van der Waals surface area contributed by atoms with Crippen LogP contribution < -0.4 is 14.8 Å². The molecule has 2 aromatic carbocycles. The van der Waals surface area contributed by atoms with Crippen LogP contribution >= 0.6 is 11.8 Å². The van der Waals surface area contributed by atoms with Gasteiger partial charge in [-0.3, -0.25) is 10.1 Å². The van der Waals surface area contributed by atoms with E-state index in [0.29, 0.717) is 27.1 Å². The van der Waals surface area contributed by atoms with E-state index in [1.165, 1.54) is 18.4 Å². The second-order valence-electron chi connectivity index (χ2n) is 5.35. The highest BCUT2D eigenvalue weighted by Gasteiger charge is 2.24. The molecule has 27 heavy (non-hydrogen) atoms. The molecule has 0 aliphatic carbocycles. The number of amidine groups is 1. The van der Waals surface area contributed by atoms with Crippen molar-refractivity contribution in [3.05, 3.63) is 64.3 Å². The Balaban J connectivity index is 1.73. The maximum absolute atomic E-state index is 13.7. The van der Waals surface area contributed by atoms with Crippen LogP contribution in [0.4, 0.5) is 4.39 Å². The summed E-state index contributed by atoms with van der Waals surface area (Å²) in [5.74, 6) is 0.453. The van der Waals surface area contributed by atoms with E-state index >= 15 is 0 Å². The van der Waals surface area contributed by atoms with Crippen molar-refractivity contribution >= 4 is 35.1 Å². The van der Waals surface area contributed by atoms with E-state index in [1.807, 2.05) is 0 Å². The molecule has 1 fully saturated rings. The molecule has 6 nitrogen and oxygen atoms in total. The maximum Gasteiger partial charge on any atom is 0.264 e. The second-order valence-corrected chi connectivity index (χ2v) is 6.38. The average Bonchev–Trinajstić information content (AvgIpc) is 3.02. The molecule has 1 saturated heterocycles. The van der Waals surface area contributed by atoms with Gasteiger partial charge in [0.05, 0.1) is 25.3 Å². The molecule has 3 rings (SSSR count). The summed E-state index contributed by atoms with van der Waals surface area (Å²) < 4.78 is 24.1. The molecule has 1 heterocycles. The standard InChI is InChI=1S/C19H16FN3O3S/c1-25-15-8-7-12(9-16(15)26-2)11-21-23-19-22-18(24)17(27-19)10-13-5-3-4-6-14(13)20/h3-11H,1-2H3,(H,22,23,24)/b17-10+,21-11+. The number of carbonyl (C=O) groups is 1. The summed E-state index contributed by atoms with van der Waals surface area (Å²) in [6.07, 6.45) is 3.01. The van der Waals surface area contributed by atoms with Crippen molar-refractivity contribution in [2.45, 2.75) is 0 Å². The molecular weight excluding hydrogens is 369 g/mol. The first-order valence-electron chi connectivity index (χ1n) is 7.89. The third-order valence-electron chi connectivity index (χ3n) is 3.61. The molecule has 0 atom stereocenters. The van der Waals surface area contributed by atoms with Crippen molar-refractivity contribution < 1.29 is 18.7 Å². The van der Waals surface area contributed by atoms with Gasteiger partial charge in [0.15, 0.2) is 16.7 Å². The zero-order valence-corrected chi connectivity index (χ0v) is 15.4. The number of thioether (sulfide) groups is 1. The summed E-state index contributed by atoms with van der Waals surface area (Å²) >= 11 is 1.10. The van der Waals surface area contributed by atoms with Gasteiger partial charge in [-0.25, -0.2) is 4.39 Å². The third kappa shape index (κ3) is 4.53. The highest BCUT2D eigenvalue weighted by Crippen LogP contribution is 2.28. The normalized spacial score (nSPS) is 16.9. The predicted octanol–water partition coefficient (Wildman–Crippen LogP) is 3.44.